The molecule has 1 aliphatic heterocycles. The minimum atomic E-state index is -3.35. The summed E-state index contributed by atoms with van der Waals surface area (Å²) >= 11 is 1.80. The summed E-state index contributed by atoms with van der Waals surface area (Å²) in [5, 5.41) is 3.02. The van der Waals surface area contributed by atoms with Crippen LogP contribution in [0.1, 0.15) is 35.1 Å². The molecule has 0 radical (unpaired) electrons. The van der Waals surface area contributed by atoms with Crippen LogP contribution in [0.3, 0.4) is 0 Å². The number of aryl methyl sites for hydroxylation is 2. The van der Waals surface area contributed by atoms with Crippen LogP contribution >= 0.6 is 11.8 Å². The van der Waals surface area contributed by atoms with Crippen molar-refractivity contribution < 1.29 is 13.2 Å². The largest absolute Gasteiger partial charge is 0.355 e. The van der Waals surface area contributed by atoms with E-state index >= 15 is 0 Å². The fourth-order valence-corrected chi connectivity index (χ4v) is 6.03. The van der Waals surface area contributed by atoms with Crippen molar-refractivity contribution in [2.75, 3.05) is 25.4 Å². The number of rotatable bonds is 9. The van der Waals surface area contributed by atoms with Gasteiger partial charge in [0.05, 0.1) is 5.75 Å². The lowest BCUT2D eigenvalue weighted by Crippen LogP contribution is -2.43. The van der Waals surface area contributed by atoms with Crippen molar-refractivity contribution in [2.45, 2.75) is 38.2 Å². The number of nitrogens with zero attached hydrogens (tertiary/aromatic N) is 1. The zero-order valence-electron chi connectivity index (χ0n) is 18.3. The number of hydrogen-bond acceptors (Lipinski definition) is 4. The van der Waals surface area contributed by atoms with Crippen LogP contribution in [0.2, 0.25) is 0 Å². The quantitative estimate of drug-likeness (QED) is 0.577. The minimum Gasteiger partial charge on any atom is -0.355 e. The van der Waals surface area contributed by atoms with Crippen molar-refractivity contribution in [3.63, 3.8) is 0 Å². The molecule has 3 rings (SSSR count). The molecule has 0 saturated carbocycles. The van der Waals surface area contributed by atoms with E-state index in [-0.39, 0.29) is 17.6 Å². The zero-order valence-corrected chi connectivity index (χ0v) is 20.0. The van der Waals surface area contributed by atoms with Crippen LogP contribution in [-0.4, -0.2) is 44.0 Å². The Morgan fingerprint density at radius 3 is 2.10 bits per heavy atom. The number of nitrogens with one attached hydrogen (secondary N) is 1. The van der Waals surface area contributed by atoms with E-state index in [1.54, 1.807) is 11.8 Å². The third-order valence-corrected chi connectivity index (χ3v) is 8.50. The molecule has 1 N–H and O–H groups in total. The first-order valence-electron chi connectivity index (χ1n) is 10.8. The Labute approximate surface area is 190 Å². The van der Waals surface area contributed by atoms with Gasteiger partial charge in [-0.3, -0.25) is 4.79 Å². The van der Waals surface area contributed by atoms with Gasteiger partial charge in [0, 0.05) is 37.1 Å². The molecule has 1 fully saturated rings. The Bertz CT molecular complexity index is 949. The fraction of sp³-hybridized carbons (Fsp3) is 0.458. The number of carbonyl (C=O) groups excluding carboxylic acids is 1. The standard InChI is InChI=1S/C24H32N2O3S2/c1-19-3-7-21(8-4-19)17-30-16-13-25-24(27)23-11-14-26(15-12-23)31(28,29)18-22-9-5-20(2)6-10-22/h3-10,23H,11-18H2,1-2H3,(H,25,27). The summed E-state index contributed by atoms with van der Waals surface area (Å²) in [6.07, 6.45) is 1.16. The van der Waals surface area contributed by atoms with Crippen LogP contribution in [0.25, 0.3) is 0 Å². The zero-order chi connectivity index (χ0) is 22.3. The summed E-state index contributed by atoms with van der Waals surface area (Å²) in [4.78, 5) is 12.5. The van der Waals surface area contributed by atoms with E-state index < -0.39 is 10.0 Å². The molecule has 2 aromatic rings. The summed E-state index contributed by atoms with van der Waals surface area (Å²) in [7, 11) is -3.35. The monoisotopic (exact) mass is 460 g/mol. The number of sulfonamides is 1. The molecule has 1 heterocycles. The molecule has 0 atom stereocenters. The summed E-state index contributed by atoms with van der Waals surface area (Å²) in [5.74, 6) is 1.76. The van der Waals surface area contributed by atoms with Crippen molar-refractivity contribution in [1.82, 2.24) is 9.62 Å². The molecular weight excluding hydrogens is 428 g/mol. The number of piperidine rings is 1. The summed E-state index contributed by atoms with van der Waals surface area (Å²) < 4.78 is 27.0. The van der Waals surface area contributed by atoms with Crippen molar-refractivity contribution in [3.05, 3.63) is 70.8 Å². The second kappa shape index (κ2) is 11.2. The van der Waals surface area contributed by atoms with Crippen LogP contribution in [-0.2, 0) is 26.3 Å². The Morgan fingerprint density at radius 2 is 1.52 bits per heavy atom. The highest BCUT2D eigenvalue weighted by Gasteiger charge is 2.31. The molecule has 0 aromatic heterocycles. The average Bonchev–Trinajstić information content (AvgIpc) is 2.76. The van der Waals surface area contributed by atoms with Gasteiger partial charge in [-0.05, 0) is 37.8 Å². The predicted molar refractivity (Wildman–Crippen MR) is 128 cm³/mol. The maximum Gasteiger partial charge on any atom is 0.223 e. The van der Waals surface area contributed by atoms with Gasteiger partial charge in [-0.15, -0.1) is 0 Å². The molecule has 0 aliphatic carbocycles. The highest BCUT2D eigenvalue weighted by Crippen LogP contribution is 2.22. The van der Waals surface area contributed by atoms with Gasteiger partial charge in [0.15, 0.2) is 0 Å². The molecule has 31 heavy (non-hydrogen) atoms. The van der Waals surface area contributed by atoms with Crippen LogP contribution in [0.15, 0.2) is 48.5 Å². The molecule has 5 nitrogen and oxygen atoms in total. The van der Waals surface area contributed by atoms with E-state index in [0.29, 0.717) is 32.5 Å². The Balaban J connectivity index is 1.36. The fourth-order valence-electron chi connectivity index (χ4n) is 3.65. The van der Waals surface area contributed by atoms with E-state index in [0.717, 1.165) is 22.6 Å². The number of thioether (sulfide) groups is 1. The Hall–Kier alpha value is -1.83. The lowest BCUT2D eigenvalue weighted by molar-refractivity contribution is -0.125. The van der Waals surface area contributed by atoms with E-state index in [1.807, 2.05) is 31.2 Å². The summed E-state index contributed by atoms with van der Waals surface area (Å²) in [6, 6.07) is 16.1. The Kier molecular flexibility index (Phi) is 8.58. The van der Waals surface area contributed by atoms with Crippen LogP contribution in [0, 0.1) is 19.8 Å². The molecule has 7 heteroatoms. The highest BCUT2D eigenvalue weighted by molar-refractivity contribution is 7.98. The SMILES string of the molecule is Cc1ccc(CSCCNC(=O)C2CCN(S(=O)(=O)Cc3ccc(C)cc3)CC2)cc1. The van der Waals surface area contributed by atoms with Gasteiger partial charge in [0.25, 0.3) is 0 Å². The number of benzene rings is 2. The first kappa shape index (κ1) is 23.8. The normalized spacial score (nSPS) is 15.7. The third-order valence-electron chi connectivity index (χ3n) is 5.62. The van der Waals surface area contributed by atoms with Crippen molar-refractivity contribution in [3.8, 4) is 0 Å². The molecule has 0 unspecified atom stereocenters. The lowest BCUT2D eigenvalue weighted by Gasteiger charge is -2.30. The smallest absolute Gasteiger partial charge is 0.223 e. The van der Waals surface area contributed by atoms with Gasteiger partial charge in [-0.1, -0.05) is 59.7 Å². The topological polar surface area (TPSA) is 66.5 Å². The first-order valence-corrected chi connectivity index (χ1v) is 13.5. The maximum atomic E-state index is 12.7. The highest BCUT2D eigenvalue weighted by atomic mass is 32.2. The molecule has 1 saturated heterocycles. The lowest BCUT2D eigenvalue weighted by atomic mass is 9.97. The van der Waals surface area contributed by atoms with Gasteiger partial charge < -0.3 is 5.32 Å². The molecule has 168 valence electrons. The molecule has 1 aliphatic rings. The second-order valence-electron chi connectivity index (χ2n) is 8.24. The van der Waals surface area contributed by atoms with Crippen LogP contribution in [0.4, 0.5) is 0 Å². The summed E-state index contributed by atoms with van der Waals surface area (Å²) in [6.45, 7) is 5.53. The number of carbonyl (C=O) groups is 1. The van der Waals surface area contributed by atoms with Gasteiger partial charge in [-0.25, -0.2) is 12.7 Å². The number of hydrogen-bond donors (Lipinski definition) is 1. The Morgan fingerprint density at radius 1 is 0.968 bits per heavy atom. The maximum absolute atomic E-state index is 12.7. The molecular formula is C24H32N2O3S2. The van der Waals surface area contributed by atoms with E-state index in [2.05, 4.69) is 36.5 Å². The van der Waals surface area contributed by atoms with Crippen LogP contribution in [0.5, 0.6) is 0 Å². The summed E-state index contributed by atoms with van der Waals surface area (Å²) in [5.41, 5.74) is 4.46. The third kappa shape index (κ3) is 7.37. The van der Waals surface area contributed by atoms with Gasteiger partial charge in [0.2, 0.25) is 15.9 Å². The van der Waals surface area contributed by atoms with Crippen molar-refractivity contribution in [2.24, 2.45) is 5.92 Å². The molecule has 0 spiro atoms. The van der Waals surface area contributed by atoms with E-state index in [4.69, 9.17) is 0 Å². The van der Waals surface area contributed by atoms with Gasteiger partial charge in [-0.2, -0.15) is 11.8 Å². The van der Waals surface area contributed by atoms with E-state index in [1.165, 1.54) is 15.4 Å². The number of amides is 1. The van der Waals surface area contributed by atoms with E-state index in [9.17, 15) is 13.2 Å². The second-order valence-corrected chi connectivity index (χ2v) is 11.3. The predicted octanol–water partition coefficient (Wildman–Crippen LogP) is 3.89. The van der Waals surface area contributed by atoms with Crippen molar-refractivity contribution >= 4 is 27.7 Å². The first-order chi connectivity index (χ1) is 14.8. The molecule has 1 amide bonds. The molecule has 2 aromatic carbocycles. The van der Waals surface area contributed by atoms with Gasteiger partial charge >= 0.3 is 0 Å². The minimum absolute atomic E-state index is 0.0162. The van der Waals surface area contributed by atoms with Crippen LogP contribution < -0.4 is 5.32 Å². The van der Waals surface area contributed by atoms with Crippen molar-refractivity contribution in [1.29, 1.82) is 0 Å². The van der Waals surface area contributed by atoms with Gasteiger partial charge in [0.1, 0.15) is 0 Å². The molecule has 0 bridgehead atoms. The average molecular weight is 461 g/mol.